The molecule has 5 rings (SSSR count). The number of hydrogen-bond donors (Lipinski definition) is 2. The lowest BCUT2D eigenvalue weighted by atomic mass is 10.2. The Morgan fingerprint density at radius 1 is 1.06 bits per heavy atom. The first-order valence-electron chi connectivity index (χ1n) is 9.74. The molecule has 11 heteroatoms. The molecular formula is C20H18Cl2N6O2S. The van der Waals surface area contributed by atoms with Gasteiger partial charge in [-0.15, -0.1) is 11.3 Å². The lowest BCUT2D eigenvalue weighted by Gasteiger charge is -2.41. The fourth-order valence-corrected chi connectivity index (χ4v) is 5.87. The average molecular weight is 477 g/mol. The summed E-state index contributed by atoms with van der Waals surface area (Å²) < 4.78 is 0.847. The number of carbonyl (C=O) groups is 2. The van der Waals surface area contributed by atoms with Crippen LogP contribution in [0.15, 0.2) is 30.6 Å². The molecule has 0 saturated carbocycles. The van der Waals surface area contributed by atoms with Crippen LogP contribution in [-0.2, 0) is 0 Å². The molecule has 2 aliphatic rings. The van der Waals surface area contributed by atoms with Crippen LogP contribution in [0.2, 0.25) is 10.0 Å². The minimum Gasteiger partial charge on any atom is -0.365 e. The predicted octanol–water partition coefficient (Wildman–Crippen LogP) is 3.98. The number of benzene rings is 1. The number of piperazine rings is 1. The van der Waals surface area contributed by atoms with Gasteiger partial charge >= 0.3 is 6.03 Å². The summed E-state index contributed by atoms with van der Waals surface area (Å²) >= 11 is 13.4. The minimum absolute atomic E-state index is 0.129. The highest BCUT2D eigenvalue weighted by molar-refractivity contribution is 7.21. The van der Waals surface area contributed by atoms with Gasteiger partial charge in [0.1, 0.15) is 6.33 Å². The second kappa shape index (κ2) is 7.81. The fraction of sp³-hybridized carbons (Fsp3) is 0.300. The number of likely N-dealkylation sites (tertiary alicyclic amines) is 1. The zero-order valence-corrected chi connectivity index (χ0v) is 18.5. The van der Waals surface area contributed by atoms with E-state index < -0.39 is 5.91 Å². The summed E-state index contributed by atoms with van der Waals surface area (Å²) in [4.78, 5) is 37.8. The fourth-order valence-electron chi connectivity index (χ4n) is 4.39. The molecule has 2 fully saturated rings. The number of amides is 3. The van der Waals surface area contributed by atoms with Crippen LogP contribution in [0.5, 0.6) is 0 Å². The Morgan fingerprint density at radius 3 is 2.39 bits per heavy atom. The topological polar surface area (TPSA) is 104 Å². The van der Waals surface area contributed by atoms with E-state index in [4.69, 9.17) is 28.9 Å². The summed E-state index contributed by atoms with van der Waals surface area (Å²) in [5.74, 6) is 0.330. The van der Waals surface area contributed by atoms with Gasteiger partial charge in [-0.2, -0.15) is 0 Å². The molecule has 2 saturated heterocycles. The SMILES string of the molecule is NC(=O)c1cc2ncnc(N3[C@@H]4CC[C@H]3CN(C(=O)Nc3cc(Cl)cc(Cl)c3)C4)c2s1. The van der Waals surface area contributed by atoms with Crippen LogP contribution in [0.1, 0.15) is 22.5 Å². The second-order valence-electron chi connectivity index (χ2n) is 7.67. The van der Waals surface area contributed by atoms with Crippen molar-refractivity contribution in [3.8, 4) is 0 Å². The first-order chi connectivity index (χ1) is 14.9. The Morgan fingerprint density at radius 2 is 1.74 bits per heavy atom. The van der Waals surface area contributed by atoms with Gasteiger partial charge in [-0.05, 0) is 37.1 Å². The van der Waals surface area contributed by atoms with Crippen molar-refractivity contribution in [1.82, 2.24) is 14.9 Å². The minimum atomic E-state index is -0.473. The maximum absolute atomic E-state index is 12.9. The number of carbonyl (C=O) groups excluding carboxylic acids is 2. The van der Waals surface area contributed by atoms with E-state index in [0.29, 0.717) is 39.2 Å². The molecular weight excluding hydrogens is 459 g/mol. The monoisotopic (exact) mass is 476 g/mol. The van der Waals surface area contributed by atoms with E-state index in [2.05, 4.69) is 20.2 Å². The first-order valence-corrected chi connectivity index (χ1v) is 11.3. The number of anilines is 2. The van der Waals surface area contributed by atoms with Crippen molar-refractivity contribution in [3.63, 3.8) is 0 Å². The molecule has 2 atom stereocenters. The predicted molar refractivity (Wildman–Crippen MR) is 122 cm³/mol. The van der Waals surface area contributed by atoms with Gasteiger partial charge in [-0.3, -0.25) is 4.79 Å². The number of fused-ring (bicyclic) bond motifs is 3. The zero-order valence-electron chi connectivity index (χ0n) is 16.2. The van der Waals surface area contributed by atoms with E-state index in [1.807, 2.05) is 4.90 Å². The van der Waals surface area contributed by atoms with E-state index in [-0.39, 0.29) is 18.1 Å². The van der Waals surface area contributed by atoms with Gasteiger partial charge < -0.3 is 20.9 Å². The number of rotatable bonds is 3. The Labute approximate surface area is 191 Å². The maximum Gasteiger partial charge on any atom is 0.321 e. The highest BCUT2D eigenvalue weighted by Crippen LogP contribution is 2.39. The van der Waals surface area contributed by atoms with Crippen molar-refractivity contribution >= 4 is 68.2 Å². The van der Waals surface area contributed by atoms with Gasteiger partial charge in [0.05, 0.1) is 15.1 Å². The van der Waals surface area contributed by atoms with Crippen molar-refractivity contribution in [1.29, 1.82) is 0 Å². The molecule has 2 bridgehead atoms. The Balaban J connectivity index is 1.37. The first kappa shape index (κ1) is 20.3. The van der Waals surface area contributed by atoms with Crippen LogP contribution in [-0.4, -0.2) is 52.0 Å². The third kappa shape index (κ3) is 3.77. The number of aromatic nitrogens is 2. The molecule has 160 valence electrons. The lowest BCUT2D eigenvalue weighted by Crippen LogP contribution is -2.56. The second-order valence-corrected chi connectivity index (χ2v) is 9.60. The normalized spacial score (nSPS) is 20.3. The number of urea groups is 1. The number of thiophene rings is 1. The molecule has 3 amide bonds. The molecule has 0 spiro atoms. The molecule has 1 aromatic carbocycles. The van der Waals surface area contributed by atoms with Crippen molar-refractivity contribution in [2.75, 3.05) is 23.3 Å². The zero-order chi connectivity index (χ0) is 21.7. The summed E-state index contributed by atoms with van der Waals surface area (Å²) in [6, 6.07) is 6.73. The third-order valence-corrected chi connectivity index (χ3v) is 7.23. The number of nitrogens with one attached hydrogen (secondary N) is 1. The lowest BCUT2D eigenvalue weighted by molar-refractivity contribution is 0.100. The van der Waals surface area contributed by atoms with E-state index in [1.165, 1.54) is 17.7 Å². The molecule has 31 heavy (non-hydrogen) atoms. The molecule has 0 aliphatic carbocycles. The number of halogens is 2. The van der Waals surface area contributed by atoms with Crippen molar-refractivity contribution < 1.29 is 9.59 Å². The number of nitrogens with two attached hydrogens (primary N) is 1. The third-order valence-electron chi connectivity index (χ3n) is 5.66. The van der Waals surface area contributed by atoms with Gasteiger partial charge in [0.2, 0.25) is 0 Å². The van der Waals surface area contributed by atoms with Crippen LogP contribution < -0.4 is 16.0 Å². The molecule has 4 heterocycles. The maximum atomic E-state index is 12.9. The van der Waals surface area contributed by atoms with Crippen molar-refractivity contribution in [2.24, 2.45) is 5.73 Å². The molecule has 8 nitrogen and oxygen atoms in total. The van der Waals surface area contributed by atoms with Crippen molar-refractivity contribution in [2.45, 2.75) is 24.9 Å². The Kier molecular flexibility index (Phi) is 5.11. The standard InChI is InChI=1S/C20H18Cl2N6O2S/c21-10-3-11(22)5-12(4-10)26-20(30)27-7-13-1-2-14(8-27)28(13)19-17-15(24-9-25-19)6-16(31-17)18(23)29/h3-6,9,13-14H,1-2,7-8H2,(H2,23,29)(H,26,30)/t13-,14+. The molecule has 3 N–H and O–H groups in total. The van der Waals surface area contributed by atoms with Gasteiger partial charge in [-0.25, -0.2) is 14.8 Å². The molecule has 3 aromatic rings. The van der Waals surface area contributed by atoms with Crippen LogP contribution in [0.3, 0.4) is 0 Å². The van der Waals surface area contributed by atoms with Gasteiger partial charge in [0.25, 0.3) is 5.91 Å². The summed E-state index contributed by atoms with van der Waals surface area (Å²) in [6.07, 6.45) is 3.42. The summed E-state index contributed by atoms with van der Waals surface area (Å²) in [6.45, 7) is 1.13. The number of hydrogen-bond acceptors (Lipinski definition) is 6. The summed E-state index contributed by atoms with van der Waals surface area (Å²) in [5, 5.41) is 3.82. The van der Waals surface area contributed by atoms with Gasteiger partial charge in [0.15, 0.2) is 5.82 Å². The molecule has 2 aliphatic heterocycles. The quantitative estimate of drug-likeness (QED) is 0.594. The van der Waals surface area contributed by atoms with Gasteiger partial charge in [-0.1, -0.05) is 23.2 Å². The average Bonchev–Trinajstić information content (AvgIpc) is 3.25. The van der Waals surface area contributed by atoms with E-state index in [1.54, 1.807) is 24.3 Å². The largest absolute Gasteiger partial charge is 0.365 e. The van der Waals surface area contributed by atoms with Gasteiger partial charge in [0, 0.05) is 40.9 Å². The van der Waals surface area contributed by atoms with Crippen LogP contribution in [0.4, 0.5) is 16.3 Å². The molecule has 0 radical (unpaired) electrons. The van der Waals surface area contributed by atoms with E-state index in [9.17, 15) is 9.59 Å². The smallest absolute Gasteiger partial charge is 0.321 e. The van der Waals surface area contributed by atoms with Crippen LogP contribution >= 0.6 is 34.5 Å². The Hall–Kier alpha value is -2.62. The number of primary amides is 1. The summed E-state index contributed by atoms with van der Waals surface area (Å²) in [7, 11) is 0. The highest BCUT2D eigenvalue weighted by Gasteiger charge is 2.43. The highest BCUT2D eigenvalue weighted by atomic mass is 35.5. The van der Waals surface area contributed by atoms with E-state index >= 15 is 0 Å². The van der Waals surface area contributed by atoms with Crippen LogP contribution in [0, 0.1) is 0 Å². The molecule has 0 unspecified atom stereocenters. The number of nitrogens with zero attached hydrogens (tertiary/aromatic N) is 4. The van der Waals surface area contributed by atoms with Crippen LogP contribution in [0.25, 0.3) is 10.2 Å². The molecule has 2 aromatic heterocycles. The summed E-state index contributed by atoms with van der Waals surface area (Å²) in [5.41, 5.74) is 6.72. The van der Waals surface area contributed by atoms with E-state index in [0.717, 1.165) is 23.4 Å². The van der Waals surface area contributed by atoms with Crippen molar-refractivity contribution in [3.05, 3.63) is 45.5 Å². The Bertz CT molecular complexity index is 1170.